The van der Waals surface area contributed by atoms with Crippen LogP contribution in [0.25, 0.3) is 0 Å². The third-order valence-electron chi connectivity index (χ3n) is 2.20. The Balaban J connectivity index is 2.64. The minimum absolute atomic E-state index is 0.00114. The zero-order valence-corrected chi connectivity index (χ0v) is 10.3. The molecule has 1 amide bonds. The van der Waals surface area contributed by atoms with E-state index in [9.17, 15) is 4.79 Å². The monoisotopic (exact) mass is 236 g/mol. The highest BCUT2D eigenvalue weighted by molar-refractivity contribution is 7.80. The van der Waals surface area contributed by atoms with Crippen molar-refractivity contribution in [2.45, 2.75) is 20.4 Å². The van der Waals surface area contributed by atoms with E-state index in [1.165, 1.54) is 0 Å². The van der Waals surface area contributed by atoms with Crippen LogP contribution in [0.15, 0.2) is 24.3 Å². The molecule has 4 heteroatoms. The molecular weight excluding hydrogens is 220 g/mol. The van der Waals surface area contributed by atoms with Crippen molar-refractivity contribution in [3.63, 3.8) is 0 Å². The van der Waals surface area contributed by atoms with E-state index in [-0.39, 0.29) is 11.8 Å². The molecule has 0 fully saturated rings. The van der Waals surface area contributed by atoms with Crippen molar-refractivity contribution in [2.24, 2.45) is 11.7 Å². The van der Waals surface area contributed by atoms with Crippen LogP contribution in [0.1, 0.15) is 25.0 Å². The molecule has 0 aromatic heterocycles. The van der Waals surface area contributed by atoms with Crippen LogP contribution < -0.4 is 11.1 Å². The zero-order valence-electron chi connectivity index (χ0n) is 9.49. The van der Waals surface area contributed by atoms with Crippen molar-refractivity contribution >= 4 is 23.1 Å². The molecule has 16 heavy (non-hydrogen) atoms. The highest BCUT2D eigenvalue weighted by atomic mass is 32.1. The van der Waals surface area contributed by atoms with Crippen LogP contribution in [0.4, 0.5) is 0 Å². The van der Waals surface area contributed by atoms with Gasteiger partial charge in [0.25, 0.3) is 0 Å². The third kappa shape index (κ3) is 3.62. The SMILES string of the molecule is CC(C)C(=O)NCc1cccc(C(N)=S)c1. The van der Waals surface area contributed by atoms with Crippen LogP contribution in [-0.4, -0.2) is 10.9 Å². The number of nitrogens with one attached hydrogen (secondary N) is 1. The van der Waals surface area contributed by atoms with Gasteiger partial charge in [-0.3, -0.25) is 4.79 Å². The maximum Gasteiger partial charge on any atom is 0.222 e. The Hall–Kier alpha value is -1.42. The lowest BCUT2D eigenvalue weighted by Gasteiger charge is -2.08. The van der Waals surface area contributed by atoms with Gasteiger partial charge in [0.15, 0.2) is 0 Å². The van der Waals surface area contributed by atoms with Crippen LogP contribution in [0.2, 0.25) is 0 Å². The lowest BCUT2D eigenvalue weighted by Crippen LogP contribution is -2.27. The van der Waals surface area contributed by atoms with E-state index in [4.69, 9.17) is 18.0 Å². The van der Waals surface area contributed by atoms with Crippen molar-refractivity contribution < 1.29 is 4.79 Å². The van der Waals surface area contributed by atoms with Gasteiger partial charge in [0.2, 0.25) is 5.91 Å². The Morgan fingerprint density at radius 3 is 2.75 bits per heavy atom. The van der Waals surface area contributed by atoms with Gasteiger partial charge in [-0.1, -0.05) is 44.3 Å². The summed E-state index contributed by atoms with van der Waals surface area (Å²) in [6.45, 7) is 4.23. The summed E-state index contributed by atoms with van der Waals surface area (Å²) in [6, 6.07) is 7.56. The molecule has 3 nitrogen and oxygen atoms in total. The smallest absolute Gasteiger partial charge is 0.222 e. The van der Waals surface area contributed by atoms with E-state index in [0.29, 0.717) is 11.5 Å². The van der Waals surface area contributed by atoms with Gasteiger partial charge >= 0.3 is 0 Å². The van der Waals surface area contributed by atoms with Gasteiger partial charge in [0.05, 0.1) is 0 Å². The number of amides is 1. The molecule has 0 saturated carbocycles. The van der Waals surface area contributed by atoms with Crippen molar-refractivity contribution in [3.05, 3.63) is 35.4 Å². The zero-order chi connectivity index (χ0) is 12.1. The number of benzene rings is 1. The molecular formula is C12H16N2OS. The molecule has 0 radical (unpaired) electrons. The fraction of sp³-hybridized carbons (Fsp3) is 0.333. The van der Waals surface area contributed by atoms with Crippen molar-refractivity contribution in [2.75, 3.05) is 0 Å². The Kier molecular flexibility index (Phi) is 4.43. The first-order chi connectivity index (χ1) is 7.50. The second-order valence-electron chi connectivity index (χ2n) is 3.94. The normalized spacial score (nSPS) is 10.2. The van der Waals surface area contributed by atoms with Gasteiger partial charge in [0.1, 0.15) is 4.99 Å². The van der Waals surface area contributed by atoms with Crippen molar-refractivity contribution in [1.82, 2.24) is 5.32 Å². The maximum atomic E-state index is 11.4. The lowest BCUT2D eigenvalue weighted by atomic mass is 10.1. The van der Waals surface area contributed by atoms with Crippen molar-refractivity contribution in [3.8, 4) is 0 Å². The largest absolute Gasteiger partial charge is 0.389 e. The molecule has 3 N–H and O–H groups in total. The van der Waals surface area contributed by atoms with E-state index < -0.39 is 0 Å². The fourth-order valence-electron chi connectivity index (χ4n) is 1.23. The van der Waals surface area contributed by atoms with Crippen LogP contribution in [0.3, 0.4) is 0 Å². The number of carbonyl (C=O) groups excluding carboxylic acids is 1. The summed E-state index contributed by atoms with van der Waals surface area (Å²) < 4.78 is 0. The van der Waals surface area contributed by atoms with Gasteiger partial charge in [-0.2, -0.15) is 0 Å². The molecule has 0 aliphatic carbocycles. The Morgan fingerprint density at radius 2 is 2.19 bits per heavy atom. The lowest BCUT2D eigenvalue weighted by molar-refractivity contribution is -0.124. The molecule has 86 valence electrons. The molecule has 0 atom stereocenters. The minimum Gasteiger partial charge on any atom is -0.389 e. The second kappa shape index (κ2) is 5.61. The maximum absolute atomic E-state index is 11.4. The molecule has 0 spiro atoms. The highest BCUT2D eigenvalue weighted by Crippen LogP contribution is 2.05. The Labute approximate surface area is 101 Å². The number of rotatable bonds is 4. The van der Waals surface area contributed by atoms with E-state index in [1.807, 2.05) is 38.1 Å². The van der Waals surface area contributed by atoms with Gasteiger partial charge < -0.3 is 11.1 Å². The molecule has 0 saturated heterocycles. The first kappa shape index (κ1) is 12.6. The summed E-state index contributed by atoms with van der Waals surface area (Å²) in [5.74, 6) is 0.0412. The third-order valence-corrected chi connectivity index (χ3v) is 2.44. The summed E-state index contributed by atoms with van der Waals surface area (Å²) in [5, 5.41) is 2.84. The molecule has 0 unspecified atom stereocenters. The average molecular weight is 236 g/mol. The van der Waals surface area contributed by atoms with E-state index in [2.05, 4.69) is 5.32 Å². The van der Waals surface area contributed by atoms with Gasteiger partial charge in [-0.15, -0.1) is 0 Å². The molecule has 0 aliphatic rings. The summed E-state index contributed by atoms with van der Waals surface area (Å²) in [4.78, 5) is 11.7. The van der Waals surface area contributed by atoms with Gasteiger partial charge in [-0.05, 0) is 11.6 Å². The predicted octanol–water partition coefficient (Wildman–Crippen LogP) is 1.59. The predicted molar refractivity (Wildman–Crippen MR) is 69.0 cm³/mol. The van der Waals surface area contributed by atoms with Gasteiger partial charge in [0, 0.05) is 18.0 Å². The van der Waals surface area contributed by atoms with Gasteiger partial charge in [-0.25, -0.2) is 0 Å². The summed E-state index contributed by atoms with van der Waals surface area (Å²) in [5.41, 5.74) is 7.36. The topological polar surface area (TPSA) is 55.1 Å². The number of nitrogens with two attached hydrogens (primary N) is 1. The summed E-state index contributed by atoms with van der Waals surface area (Å²) in [6.07, 6.45) is 0. The molecule has 0 bridgehead atoms. The minimum atomic E-state index is -0.00114. The van der Waals surface area contributed by atoms with Crippen molar-refractivity contribution in [1.29, 1.82) is 0 Å². The molecule has 1 aromatic rings. The number of carbonyl (C=O) groups is 1. The second-order valence-corrected chi connectivity index (χ2v) is 4.38. The molecule has 1 rings (SSSR count). The van der Waals surface area contributed by atoms with Crippen LogP contribution in [-0.2, 0) is 11.3 Å². The molecule has 0 aliphatic heterocycles. The average Bonchev–Trinajstić information content (AvgIpc) is 2.26. The van der Waals surface area contributed by atoms with Crippen LogP contribution in [0, 0.1) is 5.92 Å². The first-order valence-corrected chi connectivity index (χ1v) is 5.58. The first-order valence-electron chi connectivity index (χ1n) is 5.17. The molecule has 1 aromatic carbocycles. The molecule has 0 heterocycles. The van der Waals surface area contributed by atoms with E-state index >= 15 is 0 Å². The highest BCUT2D eigenvalue weighted by Gasteiger charge is 2.06. The van der Waals surface area contributed by atoms with E-state index in [0.717, 1.165) is 11.1 Å². The van der Waals surface area contributed by atoms with Crippen LogP contribution >= 0.6 is 12.2 Å². The quantitative estimate of drug-likeness (QED) is 0.781. The fourth-order valence-corrected chi connectivity index (χ4v) is 1.35. The standard InChI is InChI=1S/C12H16N2OS/c1-8(2)12(15)14-7-9-4-3-5-10(6-9)11(13)16/h3-6,8H,7H2,1-2H3,(H2,13,16)(H,14,15). The number of thiocarbonyl (C=S) groups is 1. The summed E-state index contributed by atoms with van der Waals surface area (Å²) in [7, 11) is 0. The van der Waals surface area contributed by atoms with Crippen LogP contribution in [0.5, 0.6) is 0 Å². The Morgan fingerprint density at radius 1 is 1.50 bits per heavy atom. The Bertz CT molecular complexity index is 402. The number of hydrogen-bond donors (Lipinski definition) is 2. The summed E-state index contributed by atoms with van der Waals surface area (Å²) >= 11 is 4.89. The van der Waals surface area contributed by atoms with E-state index in [1.54, 1.807) is 0 Å². The number of hydrogen-bond acceptors (Lipinski definition) is 2.